The van der Waals surface area contributed by atoms with E-state index in [1.165, 1.54) is 0 Å². The maximum Gasteiger partial charge on any atom is 0.308 e. The predicted molar refractivity (Wildman–Crippen MR) is 39.0 cm³/mol. The van der Waals surface area contributed by atoms with Gasteiger partial charge in [-0.05, 0) is 0 Å². The third-order valence-corrected chi connectivity index (χ3v) is 1.80. The summed E-state index contributed by atoms with van der Waals surface area (Å²) < 4.78 is 18.5. The van der Waals surface area contributed by atoms with Crippen molar-refractivity contribution in [3.63, 3.8) is 0 Å². The van der Waals surface area contributed by atoms with Crippen LogP contribution in [-0.2, 0) is 20.7 Å². The predicted octanol–water partition coefficient (Wildman–Crippen LogP) is -0.616. The number of aliphatic carboxylic acids is 2. The minimum Gasteiger partial charge on any atom is -0.481 e. The Morgan fingerprint density at radius 3 is 2.08 bits per heavy atom. The van der Waals surface area contributed by atoms with Gasteiger partial charge in [-0.1, -0.05) is 0 Å². The molecule has 2 atom stereocenters. The zero-order valence-electron chi connectivity index (χ0n) is 5.97. The molecule has 0 saturated carbocycles. The van der Waals surface area contributed by atoms with Gasteiger partial charge in [0.05, 0.1) is 18.1 Å². The van der Waals surface area contributed by atoms with Crippen LogP contribution >= 0.6 is 0 Å². The summed E-state index contributed by atoms with van der Waals surface area (Å²) in [6.07, 6.45) is -0.637. The van der Waals surface area contributed by atoms with E-state index in [1.54, 1.807) is 0 Å². The van der Waals surface area contributed by atoms with Crippen LogP contribution in [0.15, 0.2) is 0 Å². The van der Waals surface area contributed by atoms with Crippen LogP contribution in [0, 0.1) is 5.92 Å². The van der Waals surface area contributed by atoms with Crippen molar-refractivity contribution in [1.29, 1.82) is 0 Å². The molecule has 6 nitrogen and oxygen atoms in total. The molecule has 0 aromatic carbocycles. The van der Waals surface area contributed by atoms with E-state index >= 15 is 0 Å². The Morgan fingerprint density at radius 1 is 1.33 bits per heavy atom. The SMILES string of the molecule is O=C(O)C[C@@H](CS(=O)O)C(=O)O. The minimum atomic E-state index is -2.28. The van der Waals surface area contributed by atoms with Crippen LogP contribution in [0.1, 0.15) is 6.42 Å². The molecule has 0 saturated heterocycles. The lowest BCUT2D eigenvalue weighted by Gasteiger charge is -2.05. The monoisotopic (exact) mass is 196 g/mol. The summed E-state index contributed by atoms with van der Waals surface area (Å²) in [6.45, 7) is 0. The van der Waals surface area contributed by atoms with Gasteiger partial charge in [-0.25, -0.2) is 4.21 Å². The first-order valence-electron chi connectivity index (χ1n) is 2.95. The molecule has 0 amide bonds. The quantitative estimate of drug-likeness (QED) is 0.505. The smallest absolute Gasteiger partial charge is 0.308 e. The van der Waals surface area contributed by atoms with Gasteiger partial charge < -0.3 is 14.8 Å². The maximum absolute atomic E-state index is 10.3. The molecule has 70 valence electrons. The fourth-order valence-electron chi connectivity index (χ4n) is 0.600. The Labute approximate surface area is 70.5 Å². The van der Waals surface area contributed by atoms with E-state index in [2.05, 4.69) is 0 Å². The zero-order valence-corrected chi connectivity index (χ0v) is 6.78. The number of rotatable bonds is 5. The summed E-state index contributed by atoms with van der Waals surface area (Å²) in [5.41, 5.74) is 0. The van der Waals surface area contributed by atoms with Crippen molar-refractivity contribution < 1.29 is 28.6 Å². The topological polar surface area (TPSA) is 112 Å². The third kappa shape index (κ3) is 4.80. The molecule has 0 aromatic heterocycles. The van der Waals surface area contributed by atoms with Gasteiger partial charge in [0, 0.05) is 0 Å². The summed E-state index contributed by atoms with van der Waals surface area (Å²) in [5, 5.41) is 16.6. The molecule has 0 bridgehead atoms. The van der Waals surface area contributed by atoms with Crippen molar-refractivity contribution in [2.75, 3.05) is 5.75 Å². The second kappa shape index (κ2) is 4.83. The molecular formula is C5H8O6S. The highest BCUT2D eigenvalue weighted by molar-refractivity contribution is 7.79. The van der Waals surface area contributed by atoms with Crippen LogP contribution in [0.2, 0.25) is 0 Å². The number of carbonyl (C=O) groups is 2. The summed E-state index contributed by atoms with van der Waals surface area (Å²) in [6, 6.07) is 0. The van der Waals surface area contributed by atoms with E-state index in [1.807, 2.05) is 0 Å². The van der Waals surface area contributed by atoms with E-state index in [9.17, 15) is 13.8 Å². The molecule has 0 radical (unpaired) electrons. The minimum absolute atomic E-state index is 0.554. The summed E-state index contributed by atoms with van der Waals surface area (Å²) in [7, 11) is 0. The molecule has 0 fully saturated rings. The average Bonchev–Trinajstić information content (AvgIpc) is 1.83. The second-order valence-electron chi connectivity index (χ2n) is 2.12. The highest BCUT2D eigenvalue weighted by atomic mass is 32.2. The number of carboxylic acids is 2. The van der Waals surface area contributed by atoms with Crippen molar-refractivity contribution in [3.05, 3.63) is 0 Å². The first-order chi connectivity index (χ1) is 5.43. The van der Waals surface area contributed by atoms with Crippen molar-refractivity contribution in [1.82, 2.24) is 0 Å². The molecule has 0 aliphatic carbocycles. The molecule has 7 heteroatoms. The first kappa shape index (κ1) is 11.1. The maximum atomic E-state index is 10.3. The van der Waals surface area contributed by atoms with Gasteiger partial charge in [-0.15, -0.1) is 0 Å². The van der Waals surface area contributed by atoms with Crippen molar-refractivity contribution in [3.8, 4) is 0 Å². The van der Waals surface area contributed by atoms with Crippen LogP contribution in [0.5, 0.6) is 0 Å². The molecule has 1 unspecified atom stereocenters. The van der Waals surface area contributed by atoms with E-state index in [0.29, 0.717) is 0 Å². The Hall–Kier alpha value is -0.950. The molecule has 0 aromatic rings. The molecule has 3 N–H and O–H groups in total. The standard InChI is InChI=1S/C5H8O6S/c6-4(7)1-3(5(8)9)2-12(10)11/h3H,1-2H2,(H,6,7)(H,8,9)(H,10,11)/t3-/m0/s1. The molecule has 0 aliphatic heterocycles. The van der Waals surface area contributed by atoms with Crippen LogP contribution in [0.4, 0.5) is 0 Å². The Morgan fingerprint density at radius 2 is 1.83 bits per heavy atom. The van der Waals surface area contributed by atoms with E-state index in [0.717, 1.165) is 0 Å². The summed E-state index contributed by atoms with van der Waals surface area (Å²) >= 11 is -2.28. The van der Waals surface area contributed by atoms with Crippen molar-refractivity contribution in [2.24, 2.45) is 5.92 Å². The lowest BCUT2D eigenvalue weighted by molar-refractivity contribution is -0.147. The van der Waals surface area contributed by atoms with E-state index < -0.39 is 41.1 Å². The van der Waals surface area contributed by atoms with E-state index in [4.69, 9.17) is 14.8 Å². The third-order valence-electron chi connectivity index (χ3n) is 1.11. The Balaban J connectivity index is 4.14. The van der Waals surface area contributed by atoms with Crippen molar-refractivity contribution >= 4 is 23.0 Å². The van der Waals surface area contributed by atoms with Gasteiger partial charge in [0.25, 0.3) is 0 Å². The normalized spacial score (nSPS) is 15.1. The van der Waals surface area contributed by atoms with Gasteiger partial charge >= 0.3 is 11.9 Å². The number of hydrogen-bond acceptors (Lipinski definition) is 3. The average molecular weight is 196 g/mol. The molecular weight excluding hydrogens is 188 g/mol. The van der Waals surface area contributed by atoms with Gasteiger partial charge in [0.15, 0.2) is 11.1 Å². The molecule has 0 heterocycles. The number of carboxylic acid groups (broad SMARTS) is 2. The second-order valence-corrected chi connectivity index (χ2v) is 3.10. The van der Waals surface area contributed by atoms with Gasteiger partial charge in [-0.3, -0.25) is 9.59 Å². The van der Waals surface area contributed by atoms with Crippen LogP contribution < -0.4 is 0 Å². The first-order valence-corrected chi connectivity index (χ1v) is 4.23. The Bertz CT molecular complexity index is 196. The Kier molecular flexibility index (Phi) is 4.45. The molecule has 12 heavy (non-hydrogen) atoms. The molecule has 0 rings (SSSR count). The highest BCUT2D eigenvalue weighted by Gasteiger charge is 2.22. The van der Waals surface area contributed by atoms with Gasteiger partial charge in [0.1, 0.15) is 0 Å². The molecule has 0 aliphatic rings. The lowest BCUT2D eigenvalue weighted by atomic mass is 10.1. The highest BCUT2D eigenvalue weighted by Crippen LogP contribution is 2.04. The zero-order chi connectivity index (χ0) is 9.72. The van der Waals surface area contributed by atoms with Gasteiger partial charge in [-0.2, -0.15) is 0 Å². The van der Waals surface area contributed by atoms with Gasteiger partial charge in [0.2, 0.25) is 0 Å². The number of hydrogen-bond donors (Lipinski definition) is 3. The van der Waals surface area contributed by atoms with E-state index in [-0.39, 0.29) is 0 Å². The van der Waals surface area contributed by atoms with Crippen molar-refractivity contribution in [2.45, 2.75) is 6.42 Å². The summed E-state index contributed by atoms with van der Waals surface area (Å²) in [5.74, 6) is -4.53. The summed E-state index contributed by atoms with van der Waals surface area (Å²) in [4.78, 5) is 20.3. The lowest BCUT2D eigenvalue weighted by Crippen LogP contribution is -2.23. The van der Waals surface area contributed by atoms with Crippen LogP contribution in [0.3, 0.4) is 0 Å². The fraction of sp³-hybridized carbons (Fsp3) is 0.600. The fourth-order valence-corrected chi connectivity index (χ4v) is 1.21. The van der Waals surface area contributed by atoms with Crippen LogP contribution in [-0.4, -0.2) is 36.7 Å². The molecule has 0 spiro atoms. The largest absolute Gasteiger partial charge is 0.481 e. The van der Waals surface area contributed by atoms with Crippen LogP contribution in [0.25, 0.3) is 0 Å².